The minimum Gasteiger partial charge on any atom is -0.423 e. The second-order valence-electron chi connectivity index (χ2n) is 6.60. The molecule has 0 aliphatic heterocycles. The van der Waals surface area contributed by atoms with Gasteiger partial charge in [-0.2, -0.15) is 5.26 Å². The molecule has 1 saturated carbocycles. The summed E-state index contributed by atoms with van der Waals surface area (Å²) in [5.41, 5.74) is 2.41. The molecule has 1 aliphatic rings. The zero-order chi connectivity index (χ0) is 18.9. The van der Waals surface area contributed by atoms with Gasteiger partial charge in [-0.1, -0.05) is 31.9 Å². The minimum absolute atomic E-state index is 0.372. The predicted molar refractivity (Wildman–Crippen MR) is 100.0 cm³/mol. The van der Waals surface area contributed by atoms with Crippen LogP contribution in [0.5, 0.6) is 5.75 Å². The zero-order valence-corrected chi connectivity index (χ0v) is 15.2. The molecule has 0 amide bonds. The Kier molecular flexibility index (Phi) is 7.35. The number of carbonyl (C=O) groups is 1. The highest BCUT2D eigenvalue weighted by atomic mass is 19.1. The number of hydrogen-bond donors (Lipinski definition) is 0. The maximum Gasteiger partial charge on any atom is 0.343 e. The molecule has 1 fully saturated rings. The van der Waals surface area contributed by atoms with Crippen molar-refractivity contribution in [2.75, 3.05) is 7.18 Å². The third-order valence-corrected chi connectivity index (χ3v) is 4.83. The summed E-state index contributed by atoms with van der Waals surface area (Å²) in [6, 6.07) is 16.4. The van der Waals surface area contributed by atoms with E-state index in [1.165, 1.54) is 31.2 Å². The Morgan fingerprint density at radius 1 is 1.00 bits per heavy atom. The number of nitrogens with zero attached hydrogens (tertiary/aromatic N) is 1. The van der Waals surface area contributed by atoms with Crippen LogP contribution in [0.3, 0.4) is 0 Å². The Balaban J connectivity index is 0.00000117. The van der Waals surface area contributed by atoms with E-state index in [9.17, 15) is 9.18 Å². The molecule has 26 heavy (non-hydrogen) atoms. The van der Waals surface area contributed by atoms with E-state index in [0.29, 0.717) is 30.0 Å². The van der Waals surface area contributed by atoms with Crippen molar-refractivity contribution >= 4 is 5.97 Å². The van der Waals surface area contributed by atoms with Gasteiger partial charge in [0.05, 0.1) is 24.4 Å². The highest BCUT2D eigenvalue weighted by Crippen LogP contribution is 2.35. The first-order valence-electron chi connectivity index (χ1n) is 8.86. The molecule has 0 N–H and O–H groups in total. The average Bonchev–Trinajstić information content (AvgIpc) is 2.71. The quantitative estimate of drug-likeness (QED) is 0.529. The van der Waals surface area contributed by atoms with Crippen molar-refractivity contribution < 1.29 is 13.9 Å². The molecule has 0 saturated heterocycles. The minimum atomic E-state index is -0.372. The molecule has 0 radical (unpaired) electrons. The molecule has 0 unspecified atom stereocenters. The average molecular weight is 353 g/mol. The standard InChI is InChI=1S/C21H21NO2.CH3F/c1-15-2-6-17(7-3-15)18-8-10-19(11-9-18)21(23)24-20-12-4-16(14-22)5-13-20;1-2/h4-5,8-13,15,17H,2-3,6-7H2,1H3;1H3. The van der Waals surface area contributed by atoms with E-state index in [2.05, 4.69) is 19.1 Å². The molecule has 0 atom stereocenters. The number of esters is 1. The molecule has 4 heteroatoms. The van der Waals surface area contributed by atoms with Gasteiger partial charge < -0.3 is 4.74 Å². The SMILES string of the molecule is CC1CCC(c2ccc(C(=O)Oc3ccc(C#N)cc3)cc2)CC1.CF. The summed E-state index contributed by atoms with van der Waals surface area (Å²) in [6.45, 7) is 2.32. The van der Waals surface area contributed by atoms with Crippen molar-refractivity contribution in [3.05, 3.63) is 65.2 Å². The Morgan fingerprint density at radius 3 is 2.12 bits per heavy atom. The van der Waals surface area contributed by atoms with Crippen LogP contribution in [-0.4, -0.2) is 13.1 Å². The number of hydrogen-bond acceptors (Lipinski definition) is 3. The van der Waals surface area contributed by atoms with Gasteiger partial charge in [-0.25, -0.2) is 4.79 Å². The topological polar surface area (TPSA) is 50.1 Å². The maximum absolute atomic E-state index is 12.2. The second-order valence-corrected chi connectivity index (χ2v) is 6.60. The molecule has 1 aliphatic carbocycles. The third-order valence-electron chi connectivity index (χ3n) is 4.83. The molecule has 2 aromatic rings. The molecule has 0 heterocycles. The van der Waals surface area contributed by atoms with E-state index in [-0.39, 0.29) is 5.97 Å². The summed E-state index contributed by atoms with van der Waals surface area (Å²) in [7, 11) is 0.500. The zero-order valence-electron chi connectivity index (χ0n) is 15.2. The smallest absolute Gasteiger partial charge is 0.343 e. The van der Waals surface area contributed by atoms with Gasteiger partial charge in [-0.05, 0) is 66.6 Å². The van der Waals surface area contributed by atoms with Crippen LogP contribution < -0.4 is 4.74 Å². The van der Waals surface area contributed by atoms with Crippen LogP contribution in [0.4, 0.5) is 4.39 Å². The summed E-state index contributed by atoms with van der Waals surface area (Å²) < 4.78 is 14.9. The van der Waals surface area contributed by atoms with Crippen molar-refractivity contribution in [1.29, 1.82) is 5.26 Å². The molecule has 0 spiro atoms. The molecule has 0 aromatic heterocycles. The number of halogens is 1. The first-order valence-corrected chi connectivity index (χ1v) is 8.86. The Labute approximate surface area is 154 Å². The number of nitriles is 1. The van der Waals surface area contributed by atoms with Crippen LogP contribution in [0.1, 0.15) is 60.0 Å². The summed E-state index contributed by atoms with van der Waals surface area (Å²) in [6.07, 6.45) is 5.03. The number of rotatable bonds is 3. The molecule has 0 bridgehead atoms. The van der Waals surface area contributed by atoms with Crippen molar-refractivity contribution in [2.45, 2.75) is 38.5 Å². The number of ether oxygens (including phenoxy) is 1. The fourth-order valence-corrected chi connectivity index (χ4v) is 3.25. The lowest BCUT2D eigenvalue weighted by Gasteiger charge is -2.26. The lowest BCUT2D eigenvalue weighted by molar-refractivity contribution is 0.0734. The van der Waals surface area contributed by atoms with Crippen LogP contribution in [0.15, 0.2) is 48.5 Å². The summed E-state index contributed by atoms with van der Waals surface area (Å²) in [5, 5.41) is 8.78. The number of alkyl halides is 1. The number of benzene rings is 2. The van der Waals surface area contributed by atoms with Crippen LogP contribution in [-0.2, 0) is 0 Å². The lowest BCUT2D eigenvalue weighted by atomic mass is 9.79. The first kappa shape index (κ1) is 19.7. The fourth-order valence-electron chi connectivity index (χ4n) is 3.25. The van der Waals surface area contributed by atoms with E-state index in [0.717, 1.165) is 5.92 Å². The van der Waals surface area contributed by atoms with Crippen molar-refractivity contribution in [2.24, 2.45) is 5.92 Å². The van der Waals surface area contributed by atoms with Crippen LogP contribution in [0.2, 0.25) is 0 Å². The van der Waals surface area contributed by atoms with Gasteiger partial charge in [-0.15, -0.1) is 0 Å². The van der Waals surface area contributed by atoms with Gasteiger partial charge in [0.15, 0.2) is 0 Å². The van der Waals surface area contributed by atoms with E-state index in [4.69, 9.17) is 10.00 Å². The van der Waals surface area contributed by atoms with Gasteiger partial charge in [0.2, 0.25) is 0 Å². The van der Waals surface area contributed by atoms with Gasteiger partial charge in [-0.3, -0.25) is 4.39 Å². The predicted octanol–water partition coefficient (Wildman–Crippen LogP) is 5.66. The van der Waals surface area contributed by atoms with E-state index in [1.54, 1.807) is 24.3 Å². The van der Waals surface area contributed by atoms with Crippen LogP contribution in [0.25, 0.3) is 0 Å². The Hall–Kier alpha value is -2.67. The van der Waals surface area contributed by atoms with E-state index >= 15 is 0 Å². The van der Waals surface area contributed by atoms with Gasteiger partial charge >= 0.3 is 5.97 Å². The van der Waals surface area contributed by atoms with Crippen molar-refractivity contribution in [1.82, 2.24) is 0 Å². The van der Waals surface area contributed by atoms with Crippen molar-refractivity contribution in [3.63, 3.8) is 0 Å². The molecular formula is C22H24FNO2. The third kappa shape index (κ3) is 5.16. The molecule has 136 valence electrons. The summed E-state index contributed by atoms with van der Waals surface area (Å²) in [5.74, 6) is 1.53. The largest absolute Gasteiger partial charge is 0.423 e. The Bertz CT molecular complexity index is 739. The van der Waals surface area contributed by atoms with Crippen LogP contribution >= 0.6 is 0 Å². The van der Waals surface area contributed by atoms with E-state index < -0.39 is 0 Å². The highest BCUT2D eigenvalue weighted by Gasteiger charge is 2.20. The summed E-state index contributed by atoms with van der Waals surface area (Å²) in [4.78, 5) is 12.2. The summed E-state index contributed by atoms with van der Waals surface area (Å²) >= 11 is 0. The van der Waals surface area contributed by atoms with Gasteiger partial charge in [0.1, 0.15) is 5.75 Å². The number of carbonyl (C=O) groups excluding carboxylic acids is 1. The Morgan fingerprint density at radius 2 is 1.58 bits per heavy atom. The molecule has 3 rings (SSSR count). The maximum atomic E-state index is 12.2. The van der Waals surface area contributed by atoms with Gasteiger partial charge in [0.25, 0.3) is 0 Å². The first-order chi connectivity index (χ1) is 12.7. The molecule has 2 aromatic carbocycles. The van der Waals surface area contributed by atoms with Gasteiger partial charge in [0, 0.05) is 0 Å². The molecule has 3 nitrogen and oxygen atoms in total. The lowest BCUT2D eigenvalue weighted by Crippen LogP contribution is -2.12. The van der Waals surface area contributed by atoms with E-state index in [1.807, 2.05) is 18.2 Å². The highest BCUT2D eigenvalue weighted by molar-refractivity contribution is 5.91. The monoisotopic (exact) mass is 353 g/mol. The second kappa shape index (κ2) is 9.72. The molecular weight excluding hydrogens is 329 g/mol. The van der Waals surface area contributed by atoms with Crippen LogP contribution in [0, 0.1) is 17.2 Å². The normalized spacial score (nSPS) is 18.8. The van der Waals surface area contributed by atoms with Crippen molar-refractivity contribution in [3.8, 4) is 11.8 Å². The fraction of sp³-hybridized carbons (Fsp3) is 0.364.